The first-order valence-electron chi connectivity index (χ1n) is 10.6. The quantitative estimate of drug-likeness (QED) is 0.323. The molecule has 16 heteroatoms. The van der Waals surface area contributed by atoms with Crippen LogP contribution in [0.25, 0.3) is 17.2 Å². The largest absolute Gasteiger partial charge is 0.494 e. The molecule has 12 nitrogen and oxygen atoms in total. The third-order valence-corrected chi connectivity index (χ3v) is 6.93. The number of rotatable bonds is 10. The number of ether oxygens (including phenoxy) is 2. The van der Waals surface area contributed by atoms with Crippen LogP contribution in [-0.2, 0) is 16.4 Å². The van der Waals surface area contributed by atoms with Crippen molar-refractivity contribution in [1.82, 2.24) is 34.5 Å². The Balaban J connectivity index is 1.80. The van der Waals surface area contributed by atoms with Gasteiger partial charge < -0.3 is 9.47 Å². The number of nitrogens with zero attached hydrogens (tertiary/aromatic N) is 7. The summed E-state index contributed by atoms with van der Waals surface area (Å²) in [6.07, 6.45) is 2.79. The molecule has 1 unspecified atom stereocenters. The van der Waals surface area contributed by atoms with Gasteiger partial charge in [0.1, 0.15) is 28.7 Å². The summed E-state index contributed by atoms with van der Waals surface area (Å²) < 4.78 is 80.8. The molecule has 1 atom stereocenters. The van der Waals surface area contributed by atoms with E-state index in [1.165, 1.54) is 31.8 Å². The SMILES string of the molecule is COc1cccc(OC)c1-n1c(NS(=O)(=O)C(C)Cc2ncc(F)cn2)nnc1-c1ccn(C(F)F)n1. The Bertz CT molecular complexity index is 1470. The van der Waals surface area contributed by atoms with Crippen LogP contribution < -0.4 is 14.2 Å². The van der Waals surface area contributed by atoms with Gasteiger partial charge in [0.15, 0.2) is 11.6 Å². The van der Waals surface area contributed by atoms with E-state index in [2.05, 4.69) is 30.0 Å². The molecule has 0 amide bonds. The third-order valence-electron chi connectivity index (χ3n) is 5.23. The van der Waals surface area contributed by atoms with E-state index in [1.807, 2.05) is 0 Å². The fraction of sp³-hybridized carbons (Fsp3) is 0.286. The Kier molecular flexibility index (Phi) is 7.28. The normalized spacial score (nSPS) is 12.5. The van der Waals surface area contributed by atoms with Crippen LogP contribution in [0.1, 0.15) is 19.3 Å². The Morgan fingerprint density at radius 2 is 1.70 bits per heavy atom. The van der Waals surface area contributed by atoms with Crippen LogP contribution in [-0.4, -0.2) is 62.4 Å². The number of alkyl halides is 2. The maximum absolute atomic E-state index is 13.2. The maximum Gasteiger partial charge on any atom is 0.333 e. The van der Waals surface area contributed by atoms with Gasteiger partial charge >= 0.3 is 6.55 Å². The van der Waals surface area contributed by atoms with Gasteiger partial charge in [-0.1, -0.05) is 6.07 Å². The number of hydrogen-bond donors (Lipinski definition) is 1. The van der Waals surface area contributed by atoms with E-state index in [9.17, 15) is 21.6 Å². The second-order valence-corrected chi connectivity index (χ2v) is 9.73. The molecule has 0 spiro atoms. The van der Waals surface area contributed by atoms with Gasteiger partial charge in [-0.05, 0) is 25.1 Å². The van der Waals surface area contributed by atoms with Crippen molar-refractivity contribution in [1.29, 1.82) is 0 Å². The van der Waals surface area contributed by atoms with Crippen LogP contribution >= 0.6 is 0 Å². The molecule has 0 aliphatic heterocycles. The Labute approximate surface area is 209 Å². The molecular weight excluding hydrogens is 517 g/mol. The summed E-state index contributed by atoms with van der Waals surface area (Å²) in [5.74, 6) is -0.377. The van der Waals surface area contributed by atoms with Crippen LogP contribution in [0.2, 0.25) is 0 Å². The molecule has 0 bridgehead atoms. The fourth-order valence-corrected chi connectivity index (χ4v) is 4.34. The van der Waals surface area contributed by atoms with Crippen molar-refractivity contribution in [3.63, 3.8) is 0 Å². The molecule has 0 saturated carbocycles. The van der Waals surface area contributed by atoms with Crippen LogP contribution in [0.3, 0.4) is 0 Å². The molecule has 37 heavy (non-hydrogen) atoms. The van der Waals surface area contributed by atoms with Gasteiger partial charge in [0.25, 0.3) is 0 Å². The first-order valence-corrected chi connectivity index (χ1v) is 12.2. The van der Waals surface area contributed by atoms with E-state index in [0.717, 1.165) is 18.6 Å². The van der Waals surface area contributed by atoms with Crippen LogP contribution in [0.15, 0.2) is 42.9 Å². The number of nitrogens with one attached hydrogen (secondary N) is 1. The van der Waals surface area contributed by atoms with Crippen molar-refractivity contribution in [2.24, 2.45) is 0 Å². The van der Waals surface area contributed by atoms with E-state index in [1.54, 1.807) is 18.2 Å². The third kappa shape index (κ3) is 5.32. The summed E-state index contributed by atoms with van der Waals surface area (Å²) in [5, 5.41) is 10.7. The number of sulfonamides is 1. The lowest BCUT2D eigenvalue weighted by molar-refractivity contribution is 0.0568. The number of para-hydroxylation sites is 1. The topological polar surface area (TPSA) is 139 Å². The average molecular weight is 539 g/mol. The van der Waals surface area contributed by atoms with Crippen molar-refractivity contribution in [3.8, 4) is 28.7 Å². The van der Waals surface area contributed by atoms with Crippen molar-refractivity contribution in [2.75, 3.05) is 18.9 Å². The molecule has 0 aliphatic carbocycles. The van der Waals surface area contributed by atoms with Crippen LogP contribution in [0.4, 0.5) is 19.1 Å². The van der Waals surface area contributed by atoms with Gasteiger partial charge in [0.05, 0.1) is 31.9 Å². The van der Waals surface area contributed by atoms with Crippen molar-refractivity contribution >= 4 is 16.0 Å². The first kappa shape index (κ1) is 25.9. The van der Waals surface area contributed by atoms with Gasteiger partial charge in [-0.25, -0.2) is 27.5 Å². The molecular formula is C21H21F3N8O4S. The fourth-order valence-electron chi connectivity index (χ4n) is 3.39. The minimum atomic E-state index is -4.14. The highest BCUT2D eigenvalue weighted by molar-refractivity contribution is 7.93. The number of methoxy groups -OCH3 is 2. The van der Waals surface area contributed by atoms with Crippen molar-refractivity contribution in [3.05, 3.63) is 54.5 Å². The van der Waals surface area contributed by atoms with Crippen LogP contribution in [0.5, 0.6) is 11.5 Å². The first-order chi connectivity index (χ1) is 17.6. The number of hydrogen-bond acceptors (Lipinski definition) is 9. The van der Waals surface area contributed by atoms with Gasteiger partial charge in [-0.15, -0.1) is 10.2 Å². The minimum Gasteiger partial charge on any atom is -0.494 e. The average Bonchev–Trinajstić information content (AvgIpc) is 3.52. The van der Waals surface area contributed by atoms with E-state index in [0.29, 0.717) is 4.68 Å². The summed E-state index contributed by atoms with van der Waals surface area (Å²) in [5.41, 5.74) is 0.185. The molecule has 0 fully saturated rings. The minimum absolute atomic E-state index is 0.0148. The smallest absolute Gasteiger partial charge is 0.333 e. The summed E-state index contributed by atoms with van der Waals surface area (Å²) in [6, 6.07) is 6.10. The molecule has 3 aromatic heterocycles. The predicted octanol–water partition coefficient (Wildman–Crippen LogP) is 2.85. The monoisotopic (exact) mass is 538 g/mol. The molecule has 196 valence electrons. The summed E-state index contributed by atoms with van der Waals surface area (Å²) in [7, 11) is -1.36. The molecule has 0 aliphatic rings. The van der Waals surface area contributed by atoms with Crippen molar-refractivity contribution < 1.29 is 31.1 Å². The number of anilines is 1. The van der Waals surface area contributed by atoms with Gasteiger partial charge in [-0.2, -0.15) is 13.9 Å². The van der Waals surface area contributed by atoms with E-state index < -0.39 is 27.6 Å². The molecule has 1 N–H and O–H groups in total. The van der Waals surface area contributed by atoms with Gasteiger partial charge in [-0.3, -0.25) is 9.29 Å². The standard InChI is InChI=1S/C21H21F3N8O4S/c1-12(9-17-25-10-13(22)11-26-17)37(33,34)30-21-28-27-19(14-7-8-31(29-14)20(23)24)32(21)18-15(35-2)5-4-6-16(18)36-3/h4-8,10-12,20H,9H2,1-3H3,(H,28,30). The lowest BCUT2D eigenvalue weighted by atomic mass is 10.2. The molecule has 4 rings (SSSR count). The maximum atomic E-state index is 13.2. The lowest BCUT2D eigenvalue weighted by Crippen LogP contribution is -2.29. The number of aromatic nitrogens is 7. The summed E-state index contributed by atoms with van der Waals surface area (Å²) >= 11 is 0. The lowest BCUT2D eigenvalue weighted by Gasteiger charge is -2.18. The zero-order chi connectivity index (χ0) is 26.7. The predicted molar refractivity (Wildman–Crippen MR) is 125 cm³/mol. The highest BCUT2D eigenvalue weighted by Crippen LogP contribution is 2.37. The zero-order valence-electron chi connectivity index (χ0n) is 19.7. The molecule has 4 aromatic rings. The summed E-state index contributed by atoms with van der Waals surface area (Å²) in [4.78, 5) is 7.59. The Morgan fingerprint density at radius 3 is 2.27 bits per heavy atom. The Hall–Kier alpha value is -4.21. The van der Waals surface area contributed by atoms with Gasteiger partial charge in [0, 0.05) is 12.6 Å². The Morgan fingerprint density at radius 1 is 1.05 bits per heavy atom. The second kappa shape index (κ2) is 10.4. The molecule has 1 aromatic carbocycles. The van der Waals surface area contributed by atoms with Gasteiger partial charge in [0.2, 0.25) is 16.0 Å². The highest BCUT2D eigenvalue weighted by Gasteiger charge is 2.29. The van der Waals surface area contributed by atoms with E-state index >= 15 is 0 Å². The van der Waals surface area contributed by atoms with Crippen LogP contribution in [0, 0.1) is 5.82 Å². The van der Waals surface area contributed by atoms with E-state index in [4.69, 9.17) is 9.47 Å². The molecule has 3 heterocycles. The number of benzene rings is 1. The van der Waals surface area contributed by atoms with E-state index in [-0.39, 0.29) is 46.9 Å². The van der Waals surface area contributed by atoms with Crippen molar-refractivity contribution in [2.45, 2.75) is 25.1 Å². The molecule has 0 saturated heterocycles. The highest BCUT2D eigenvalue weighted by atomic mass is 32.2. The zero-order valence-corrected chi connectivity index (χ0v) is 20.5. The number of halogens is 3. The summed E-state index contributed by atoms with van der Waals surface area (Å²) in [6.45, 7) is -1.50. The molecule has 0 radical (unpaired) electrons. The second-order valence-electron chi connectivity index (χ2n) is 7.63.